The minimum atomic E-state index is -0.181. The van der Waals surface area contributed by atoms with Gasteiger partial charge in [-0.15, -0.1) is 11.8 Å². The van der Waals surface area contributed by atoms with Gasteiger partial charge in [-0.25, -0.2) is 10.0 Å². The van der Waals surface area contributed by atoms with E-state index in [9.17, 15) is 9.59 Å². The third kappa shape index (κ3) is 6.51. The van der Waals surface area contributed by atoms with Gasteiger partial charge in [-0.05, 0) is 38.0 Å². The zero-order chi connectivity index (χ0) is 26.1. The third-order valence-corrected chi connectivity index (χ3v) is 9.42. The first-order chi connectivity index (χ1) is 17.5. The van der Waals surface area contributed by atoms with Gasteiger partial charge in [0.25, 0.3) is 11.8 Å². The molecule has 0 radical (unpaired) electrons. The second kappa shape index (κ2) is 14.5. The van der Waals surface area contributed by atoms with Gasteiger partial charge in [-0.2, -0.15) is 0 Å². The predicted molar refractivity (Wildman–Crippen MR) is 151 cm³/mol. The zero-order valence-corrected chi connectivity index (χ0v) is 24.8. The van der Waals surface area contributed by atoms with Crippen LogP contribution in [0.1, 0.15) is 79.1 Å². The lowest BCUT2D eigenvalue weighted by Crippen LogP contribution is -2.42. The van der Waals surface area contributed by atoms with E-state index < -0.39 is 0 Å². The molecule has 9 heteroatoms. The smallest absolute Gasteiger partial charge is 0.279 e. The van der Waals surface area contributed by atoms with E-state index in [-0.39, 0.29) is 17.4 Å². The summed E-state index contributed by atoms with van der Waals surface area (Å²) in [5.41, 5.74) is 0.290. The van der Waals surface area contributed by atoms with Crippen LogP contribution in [0.5, 0.6) is 11.5 Å². The number of thioether (sulfide) groups is 3. The fourth-order valence-electron chi connectivity index (χ4n) is 3.92. The maximum Gasteiger partial charge on any atom is 0.279 e. The summed E-state index contributed by atoms with van der Waals surface area (Å²) in [6.07, 6.45) is 9.76. The van der Waals surface area contributed by atoms with E-state index in [0.717, 1.165) is 81.8 Å². The Kier molecular flexibility index (Phi) is 11.7. The first kappa shape index (κ1) is 29.1. The van der Waals surface area contributed by atoms with Gasteiger partial charge < -0.3 is 9.47 Å². The van der Waals surface area contributed by atoms with Crippen LogP contribution in [0.25, 0.3) is 0 Å². The number of benzene rings is 1. The molecule has 3 rings (SSSR count). The van der Waals surface area contributed by atoms with Crippen LogP contribution in [0, 0.1) is 0 Å². The van der Waals surface area contributed by atoms with Crippen LogP contribution < -0.4 is 9.47 Å². The average molecular weight is 553 g/mol. The number of hydrazine groups is 1. The number of fused-ring (bicyclic) bond motifs is 1. The van der Waals surface area contributed by atoms with Crippen molar-refractivity contribution in [1.29, 1.82) is 0 Å². The summed E-state index contributed by atoms with van der Waals surface area (Å²) in [5, 5.41) is 3.33. The molecule has 1 aromatic rings. The molecule has 0 saturated carbocycles. The molecule has 2 aliphatic rings. The number of rotatable bonds is 15. The maximum atomic E-state index is 13.6. The second-order valence-corrected chi connectivity index (χ2v) is 12.0. The largest absolute Gasteiger partial charge is 0.492 e. The van der Waals surface area contributed by atoms with Crippen LogP contribution >= 0.6 is 35.3 Å². The van der Waals surface area contributed by atoms with E-state index in [0.29, 0.717) is 26.3 Å². The van der Waals surface area contributed by atoms with E-state index in [4.69, 9.17) is 9.47 Å². The summed E-state index contributed by atoms with van der Waals surface area (Å²) >= 11 is 4.61. The molecule has 0 N–H and O–H groups in total. The Morgan fingerprint density at radius 1 is 0.778 bits per heavy atom. The Morgan fingerprint density at radius 3 is 1.83 bits per heavy atom. The highest BCUT2D eigenvalue weighted by Crippen LogP contribution is 2.61. The summed E-state index contributed by atoms with van der Waals surface area (Å²) in [6.45, 7) is 10.9. The van der Waals surface area contributed by atoms with Gasteiger partial charge in [0.05, 0.1) is 32.1 Å². The Bertz CT molecular complexity index is 939. The average Bonchev–Trinajstić information content (AvgIpc) is 3.40. The molecule has 0 aliphatic carbocycles. The minimum absolute atomic E-state index is 0.181. The molecular formula is C27H40N2O4S3. The van der Waals surface area contributed by atoms with E-state index in [1.807, 2.05) is 6.26 Å². The molecule has 0 atom stereocenters. The van der Waals surface area contributed by atoms with Crippen molar-refractivity contribution in [1.82, 2.24) is 10.0 Å². The van der Waals surface area contributed by atoms with E-state index in [1.165, 1.54) is 23.5 Å². The standard InChI is InChI=1S/C27H40N2O4S3/c1-6-10-14-28-25(30)21(26(31)29(28)15-11-7-2)27-35-23-19(32-16-12-8-3)18-20(34-5)22(24(23)36-27)33-17-13-9-4/h18H,6-17H2,1-5H3. The van der Waals surface area contributed by atoms with Gasteiger partial charge in [0.1, 0.15) is 17.1 Å². The molecule has 2 heterocycles. The van der Waals surface area contributed by atoms with Crippen molar-refractivity contribution in [2.45, 2.75) is 93.7 Å². The van der Waals surface area contributed by atoms with Crippen LogP contribution in [0.15, 0.2) is 30.6 Å². The summed E-state index contributed by atoms with van der Waals surface area (Å²) in [5.74, 6) is 1.28. The lowest BCUT2D eigenvalue weighted by atomic mass is 10.3. The molecule has 6 nitrogen and oxygen atoms in total. The minimum Gasteiger partial charge on any atom is -0.492 e. The number of unbranched alkanes of at least 4 members (excludes halogenated alkanes) is 4. The van der Waals surface area contributed by atoms with Crippen LogP contribution in [-0.2, 0) is 9.59 Å². The highest BCUT2D eigenvalue weighted by Gasteiger charge is 2.44. The van der Waals surface area contributed by atoms with Gasteiger partial charge in [-0.3, -0.25) is 9.59 Å². The van der Waals surface area contributed by atoms with Crippen LogP contribution in [-0.4, -0.2) is 54.4 Å². The number of hydrogen-bond donors (Lipinski definition) is 0. The highest BCUT2D eigenvalue weighted by molar-refractivity contribution is 8.25. The van der Waals surface area contributed by atoms with E-state index >= 15 is 0 Å². The number of amides is 2. The van der Waals surface area contributed by atoms with E-state index in [1.54, 1.807) is 21.8 Å². The molecule has 1 fully saturated rings. The molecule has 2 amide bonds. The monoisotopic (exact) mass is 552 g/mol. The van der Waals surface area contributed by atoms with Crippen molar-refractivity contribution in [2.75, 3.05) is 32.6 Å². The van der Waals surface area contributed by atoms with Gasteiger partial charge >= 0.3 is 0 Å². The molecule has 36 heavy (non-hydrogen) atoms. The predicted octanol–water partition coefficient (Wildman–Crippen LogP) is 7.36. The van der Waals surface area contributed by atoms with Crippen molar-refractivity contribution in [3.63, 3.8) is 0 Å². The van der Waals surface area contributed by atoms with Crippen LogP contribution in [0.2, 0.25) is 0 Å². The Morgan fingerprint density at radius 2 is 1.31 bits per heavy atom. The normalized spacial score (nSPS) is 15.4. The van der Waals surface area contributed by atoms with Crippen molar-refractivity contribution in [3.8, 4) is 11.5 Å². The lowest BCUT2D eigenvalue weighted by molar-refractivity contribution is -0.147. The van der Waals surface area contributed by atoms with Gasteiger partial charge in [0.15, 0.2) is 0 Å². The van der Waals surface area contributed by atoms with Crippen molar-refractivity contribution >= 4 is 47.1 Å². The summed E-state index contributed by atoms with van der Waals surface area (Å²) in [6, 6.07) is 2.06. The number of carbonyl (C=O) groups is 2. The third-order valence-electron chi connectivity index (χ3n) is 6.07. The number of hydrogen-bond acceptors (Lipinski definition) is 7. The van der Waals surface area contributed by atoms with Crippen LogP contribution in [0.4, 0.5) is 0 Å². The van der Waals surface area contributed by atoms with Crippen molar-refractivity contribution in [3.05, 3.63) is 15.9 Å². The fourth-order valence-corrected chi connectivity index (χ4v) is 7.25. The molecule has 0 aromatic heterocycles. The molecule has 0 spiro atoms. The topological polar surface area (TPSA) is 59.1 Å². The molecular weight excluding hydrogens is 513 g/mol. The van der Waals surface area contributed by atoms with Crippen molar-refractivity contribution < 1.29 is 19.1 Å². The van der Waals surface area contributed by atoms with E-state index in [2.05, 4.69) is 33.8 Å². The van der Waals surface area contributed by atoms with Crippen molar-refractivity contribution in [2.24, 2.45) is 0 Å². The fraction of sp³-hybridized carbons (Fsp3) is 0.630. The highest BCUT2D eigenvalue weighted by atomic mass is 32.2. The molecule has 200 valence electrons. The van der Waals surface area contributed by atoms with Gasteiger partial charge in [-0.1, -0.05) is 76.9 Å². The maximum absolute atomic E-state index is 13.6. The molecule has 2 aliphatic heterocycles. The summed E-state index contributed by atoms with van der Waals surface area (Å²) < 4.78 is 13.2. The second-order valence-electron chi connectivity index (χ2n) is 8.90. The molecule has 0 bridgehead atoms. The SMILES string of the molecule is CCCCOc1cc(SC)c(OCCCC)c2c1SC(=C1C(=O)N(CCCC)N(CCCC)C1=O)S2. The lowest BCUT2D eigenvalue weighted by Gasteiger charge is -2.27. The van der Waals surface area contributed by atoms with Gasteiger partial charge in [0.2, 0.25) is 0 Å². The summed E-state index contributed by atoms with van der Waals surface area (Å²) in [7, 11) is 0. The Hall–Kier alpha value is -1.45. The Balaban J connectivity index is 2.02. The first-order valence-corrected chi connectivity index (χ1v) is 16.1. The quantitative estimate of drug-likeness (QED) is 0.0975. The van der Waals surface area contributed by atoms with Crippen LogP contribution in [0.3, 0.4) is 0 Å². The number of carbonyl (C=O) groups excluding carboxylic acids is 2. The summed E-state index contributed by atoms with van der Waals surface area (Å²) in [4.78, 5) is 30.1. The number of ether oxygens (including phenoxy) is 2. The Labute approximate surface area is 229 Å². The molecule has 1 saturated heterocycles. The zero-order valence-electron chi connectivity index (χ0n) is 22.3. The van der Waals surface area contributed by atoms with Gasteiger partial charge in [0, 0.05) is 13.1 Å². The number of nitrogens with zero attached hydrogens (tertiary/aromatic N) is 2. The molecule has 1 aromatic carbocycles. The molecule has 0 unspecified atom stereocenters. The first-order valence-electron chi connectivity index (χ1n) is 13.3.